The lowest BCUT2D eigenvalue weighted by molar-refractivity contribution is 0.0463. The highest BCUT2D eigenvalue weighted by molar-refractivity contribution is 6.37. The number of carbonyl (C=O) groups excluding carboxylic acids is 2. The van der Waals surface area contributed by atoms with E-state index in [1.807, 2.05) is 13.0 Å². The van der Waals surface area contributed by atoms with Crippen LogP contribution in [-0.4, -0.2) is 65.9 Å². The summed E-state index contributed by atoms with van der Waals surface area (Å²) in [6, 6.07) is 16.3. The van der Waals surface area contributed by atoms with Gasteiger partial charge in [0.15, 0.2) is 69.2 Å². The lowest BCUT2D eigenvalue weighted by Crippen LogP contribution is -2.13. The third-order valence-corrected chi connectivity index (χ3v) is 12.4. The molecule has 0 radical (unpaired) electrons. The maximum atomic E-state index is 14.7. The summed E-state index contributed by atoms with van der Waals surface area (Å²) in [5, 5.41) is 7.57. The van der Waals surface area contributed by atoms with Gasteiger partial charge in [0.25, 0.3) is 0 Å². The van der Waals surface area contributed by atoms with E-state index in [1.54, 1.807) is 24.3 Å². The zero-order valence-electron chi connectivity index (χ0n) is 40.0. The molecule has 0 fully saturated rings. The topological polar surface area (TPSA) is 234 Å². The van der Waals surface area contributed by atoms with E-state index in [0.29, 0.717) is 6.42 Å². The van der Waals surface area contributed by atoms with Crippen molar-refractivity contribution in [2.24, 2.45) is 0 Å². The summed E-state index contributed by atoms with van der Waals surface area (Å²) in [6.45, 7) is 2.00. The number of halogens is 12. The Labute approximate surface area is 463 Å². The van der Waals surface area contributed by atoms with E-state index >= 15 is 0 Å². The molecule has 0 aliphatic heterocycles. The minimum atomic E-state index is -1.53. The molecule has 3 heterocycles. The Hall–Kier alpha value is -7.14. The molecule has 0 spiro atoms. The van der Waals surface area contributed by atoms with Crippen molar-refractivity contribution in [1.82, 2.24) is 15.0 Å². The fourth-order valence-electron chi connectivity index (χ4n) is 6.51. The molecular weight excluding hydrogens is 1160 g/mol. The number of carbonyl (C=O) groups is 3. The molecule has 0 amide bonds. The average Bonchev–Trinajstić information content (AvgIpc) is 3.41. The highest BCUT2D eigenvalue weighted by Crippen LogP contribution is 2.42. The van der Waals surface area contributed by atoms with Crippen LogP contribution in [0.3, 0.4) is 0 Å². The molecule has 7 N–H and O–H groups in total. The Kier molecular flexibility index (Phi) is 21.1. The molecule has 7 rings (SSSR count). The largest absolute Gasteiger partial charge is 0.492 e. The Morgan fingerprint density at radius 3 is 1.18 bits per heavy atom. The third-order valence-electron chi connectivity index (χ3n) is 10.4. The summed E-state index contributed by atoms with van der Waals surface area (Å²) < 4.78 is 112. The van der Waals surface area contributed by atoms with E-state index in [4.69, 9.17) is 116 Å². The average molecular weight is 1190 g/mol. The summed E-state index contributed by atoms with van der Waals surface area (Å²) in [5.74, 6) is -10.5. The zero-order valence-corrected chi connectivity index (χ0v) is 44.5. The Morgan fingerprint density at radius 1 is 0.506 bits per heavy atom. The number of aromatic nitrogens is 3. The molecule has 7 aromatic rings. The first kappa shape index (κ1) is 60.7. The second-order valence-corrected chi connectivity index (χ2v) is 17.6. The number of ether oxygens (including phenoxy) is 5. The van der Waals surface area contributed by atoms with Gasteiger partial charge in [-0.2, -0.15) is 0 Å². The molecule has 77 heavy (non-hydrogen) atoms. The summed E-state index contributed by atoms with van der Waals surface area (Å²) in [6.07, 6.45) is 1.44. The number of benzene rings is 4. The summed E-state index contributed by atoms with van der Waals surface area (Å²) in [7, 11) is 3.60. The second kappa shape index (κ2) is 26.8. The number of rotatable bonds is 14. The van der Waals surface area contributed by atoms with Crippen LogP contribution < -0.4 is 31.4 Å². The first-order valence-electron chi connectivity index (χ1n) is 21.6. The van der Waals surface area contributed by atoms with Crippen LogP contribution in [0.4, 0.5) is 43.4 Å². The number of esters is 2. The molecule has 406 valence electrons. The molecule has 4 aromatic carbocycles. The van der Waals surface area contributed by atoms with Gasteiger partial charge in [-0.3, -0.25) is 0 Å². The van der Waals surface area contributed by atoms with Crippen LogP contribution in [0, 0.1) is 34.9 Å². The van der Waals surface area contributed by atoms with E-state index in [0.717, 1.165) is 18.1 Å². The zero-order chi connectivity index (χ0) is 57.2. The highest BCUT2D eigenvalue weighted by atomic mass is 35.5. The quantitative estimate of drug-likeness (QED) is 0.0450. The van der Waals surface area contributed by atoms with Crippen molar-refractivity contribution < 1.29 is 69.5 Å². The molecule has 27 heteroatoms. The van der Waals surface area contributed by atoms with Gasteiger partial charge in [0.2, 0.25) is 0 Å². The number of nitrogen functional groups attached to an aromatic ring is 3. The van der Waals surface area contributed by atoms with Crippen molar-refractivity contribution >= 4 is 105 Å². The molecule has 0 bridgehead atoms. The fraction of sp³-hybridized carbons (Fsp3) is 0.160. The Balaban J connectivity index is 0.000000215. The van der Waals surface area contributed by atoms with E-state index in [9.17, 15) is 40.7 Å². The van der Waals surface area contributed by atoms with Crippen LogP contribution in [0.25, 0.3) is 33.8 Å². The number of unbranched alkanes of at least 4 members (excludes halogenated alkanes) is 1. The number of hydrogen-bond acceptors (Lipinski definition) is 14. The molecule has 0 atom stereocenters. The summed E-state index contributed by atoms with van der Waals surface area (Å²) in [5.41, 5.74) is 11.6. The fourth-order valence-corrected chi connectivity index (χ4v) is 7.79. The van der Waals surface area contributed by atoms with Gasteiger partial charge in [-0.1, -0.05) is 113 Å². The summed E-state index contributed by atoms with van der Waals surface area (Å²) >= 11 is 35.0. The lowest BCUT2D eigenvalue weighted by atomic mass is 10.1. The van der Waals surface area contributed by atoms with Crippen LogP contribution in [-0.2, 0) is 16.1 Å². The highest BCUT2D eigenvalue weighted by Gasteiger charge is 2.29. The van der Waals surface area contributed by atoms with Crippen molar-refractivity contribution in [3.8, 4) is 51.0 Å². The summed E-state index contributed by atoms with van der Waals surface area (Å²) in [4.78, 5) is 47.0. The van der Waals surface area contributed by atoms with Gasteiger partial charge in [0.1, 0.15) is 23.7 Å². The molecule has 0 unspecified atom stereocenters. The number of carboxylic acids is 1. The number of aromatic carboxylic acids is 1. The van der Waals surface area contributed by atoms with Gasteiger partial charge in [0.05, 0.1) is 75.1 Å². The van der Waals surface area contributed by atoms with Crippen molar-refractivity contribution in [2.45, 2.75) is 26.4 Å². The van der Waals surface area contributed by atoms with E-state index in [2.05, 4.69) is 15.0 Å². The normalized spacial score (nSPS) is 10.6. The number of carboxylic acid groups (broad SMARTS) is 1. The van der Waals surface area contributed by atoms with E-state index in [1.165, 1.54) is 51.7 Å². The van der Waals surface area contributed by atoms with Gasteiger partial charge in [-0.05, 0) is 48.4 Å². The standard InChI is InChI=1S/C20H14Cl2F2N2O3.C17H16Cl2F2N2O3.C13H8Cl2F2N2O3/c1-28-19-12(21)8-7-11(14(19)23)17-15(24)16(25)13(22)18(26-17)20(27)29-9-10-5-3-2-4-6-10;1-3-4-7-26-17(24)15-10(19)13(22)12(21)14(23-15)8-5-6-9(18)16(25-2)11(8)20;1-22-12-5(14)3-2-4(7(12)16)10-8(17)9(18)6(15)11(19-10)13(20)21/h2-8H,9H2,1H3,(H2,25,26);5-6H,3-4,7H2,1-2H3,(H2,22,23);2-3H,1H3,(H2,18,19)(H,20,21). The minimum absolute atomic E-state index is 0.00436. The smallest absolute Gasteiger partial charge is 0.358 e. The molecule has 0 saturated heterocycles. The number of hydrogen-bond donors (Lipinski definition) is 4. The van der Waals surface area contributed by atoms with Crippen molar-refractivity contribution in [3.63, 3.8) is 0 Å². The van der Waals surface area contributed by atoms with Crippen molar-refractivity contribution in [3.05, 3.63) is 154 Å². The van der Waals surface area contributed by atoms with Gasteiger partial charge in [0, 0.05) is 16.7 Å². The number of anilines is 3. The van der Waals surface area contributed by atoms with Crippen LogP contribution >= 0.6 is 69.6 Å². The van der Waals surface area contributed by atoms with Crippen LogP contribution in [0.1, 0.15) is 56.8 Å². The molecule has 0 saturated carbocycles. The molecule has 15 nitrogen and oxygen atoms in total. The minimum Gasteiger partial charge on any atom is -0.492 e. The maximum absolute atomic E-state index is 14.7. The van der Waals surface area contributed by atoms with Crippen LogP contribution in [0.2, 0.25) is 30.1 Å². The van der Waals surface area contributed by atoms with Crippen LogP contribution in [0.5, 0.6) is 17.2 Å². The number of methoxy groups -OCH3 is 3. The predicted molar refractivity (Wildman–Crippen MR) is 279 cm³/mol. The number of pyridine rings is 3. The van der Waals surface area contributed by atoms with Gasteiger partial charge >= 0.3 is 17.9 Å². The monoisotopic (exact) mass is 1190 g/mol. The number of nitrogens with zero attached hydrogens (tertiary/aromatic N) is 3. The first-order chi connectivity index (χ1) is 36.5. The maximum Gasteiger partial charge on any atom is 0.358 e. The SMILES string of the molecule is CCCCOC(=O)c1nc(-c2ccc(Cl)c(OC)c2F)c(F)c(N)c1Cl.COc1c(Cl)ccc(-c2nc(C(=O)O)c(Cl)c(N)c2F)c1F.COc1c(Cl)ccc(-c2nc(C(=O)OCc3ccccc3)c(Cl)c(N)c2F)c1F. The molecule has 3 aromatic heterocycles. The van der Waals surface area contributed by atoms with E-state index in [-0.39, 0.29) is 62.2 Å². The van der Waals surface area contributed by atoms with E-state index < -0.39 is 119 Å². The first-order valence-corrected chi connectivity index (χ1v) is 23.9. The molecule has 0 aliphatic carbocycles. The molecular formula is C50H38Cl6F6N6O9. The van der Waals surface area contributed by atoms with Gasteiger partial charge in [-0.25, -0.2) is 55.7 Å². The van der Waals surface area contributed by atoms with Crippen molar-refractivity contribution in [1.29, 1.82) is 0 Å². The van der Waals surface area contributed by atoms with Crippen molar-refractivity contribution in [2.75, 3.05) is 45.1 Å². The second-order valence-electron chi connectivity index (χ2n) is 15.2. The van der Waals surface area contributed by atoms with Crippen LogP contribution in [0.15, 0.2) is 66.7 Å². The Bertz CT molecular complexity index is 3410. The lowest BCUT2D eigenvalue weighted by Gasteiger charge is -2.13. The van der Waals surface area contributed by atoms with Gasteiger partial charge in [-0.15, -0.1) is 0 Å². The predicted octanol–water partition coefficient (Wildman–Crippen LogP) is 13.8. The van der Waals surface area contributed by atoms with Gasteiger partial charge < -0.3 is 46.0 Å². The molecule has 0 aliphatic rings. The third kappa shape index (κ3) is 13.3. The number of nitrogens with two attached hydrogens (primary N) is 3. The Morgan fingerprint density at radius 2 is 0.844 bits per heavy atom.